The van der Waals surface area contributed by atoms with Crippen LogP contribution in [0.1, 0.15) is 10.6 Å². The molecular formula is C12H14N2S. The van der Waals surface area contributed by atoms with Gasteiger partial charge in [0.1, 0.15) is 5.01 Å². The van der Waals surface area contributed by atoms with Crippen LogP contribution in [0.4, 0.5) is 0 Å². The topological polar surface area (TPSA) is 24.9 Å². The second-order valence-electron chi connectivity index (χ2n) is 3.42. The molecule has 2 nitrogen and oxygen atoms in total. The van der Waals surface area contributed by atoms with Crippen LogP contribution in [0.3, 0.4) is 0 Å². The summed E-state index contributed by atoms with van der Waals surface area (Å²) in [5.74, 6) is 0. The molecule has 0 fully saturated rings. The van der Waals surface area contributed by atoms with Gasteiger partial charge in [0.25, 0.3) is 0 Å². The highest BCUT2D eigenvalue weighted by molar-refractivity contribution is 7.15. The minimum absolute atomic E-state index is 0.842. The summed E-state index contributed by atoms with van der Waals surface area (Å²) in [4.78, 5) is 5.92. The highest BCUT2D eigenvalue weighted by Crippen LogP contribution is 2.27. The van der Waals surface area contributed by atoms with Gasteiger partial charge in [-0.2, -0.15) is 0 Å². The Bertz CT molecular complexity index is 434. The molecule has 0 unspecified atom stereocenters. The molecule has 0 amide bonds. The fourth-order valence-electron chi connectivity index (χ4n) is 1.46. The van der Waals surface area contributed by atoms with Gasteiger partial charge in [0.05, 0.1) is 5.69 Å². The molecule has 1 aromatic carbocycles. The van der Waals surface area contributed by atoms with Gasteiger partial charge >= 0.3 is 0 Å². The van der Waals surface area contributed by atoms with E-state index in [1.165, 1.54) is 10.4 Å². The van der Waals surface area contributed by atoms with Crippen molar-refractivity contribution < 1.29 is 0 Å². The average molecular weight is 218 g/mol. The number of hydrogen-bond donors (Lipinski definition) is 1. The number of nitrogens with zero attached hydrogens (tertiary/aromatic N) is 1. The van der Waals surface area contributed by atoms with Crippen molar-refractivity contribution in [2.75, 3.05) is 7.05 Å². The van der Waals surface area contributed by atoms with E-state index in [4.69, 9.17) is 0 Å². The highest BCUT2D eigenvalue weighted by Gasteiger charge is 2.07. The fourth-order valence-corrected chi connectivity index (χ4v) is 2.40. The summed E-state index contributed by atoms with van der Waals surface area (Å²) in [7, 11) is 1.95. The second kappa shape index (κ2) is 4.55. The molecule has 0 atom stereocenters. The number of hydrogen-bond acceptors (Lipinski definition) is 3. The maximum Gasteiger partial charge on any atom is 0.123 e. The van der Waals surface area contributed by atoms with Crippen LogP contribution in [-0.4, -0.2) is 12.0 Å². The number of aromatic nitrogens is 1. The molecule has 3 heteroatoms. The lowest BCUT2D eigenvalue weighted by Gasteiger charge is -1.95. The number of rotatable bonds is 3. The van der Waals surface area contributed by atoms with Crippen molar-refractivity contribution >= 4 is 11.3 Å². The van der Waals surface area contributed by atoms with Crippen LogP contribution in [-0.2, 0) is 6.54 Å². The molecule has 0 saturated heterocycles. The maximum atomic E-state index is 4.63. The van der Waals surface area contributed by atoms with Crippen molar-refractivity contribution in [2.24, 2.45) is 0 Å². The van der Waals surface area contributed by atoms with Gasteiger partial charge in [-0.15, -0.1) is 11.3 Å². The molecule has 0 radical (unpaired) electrons. The zero-order chi connectivity index (χ0) is 10.7. The van der Waals surface area contributed by atoms with Crippen LogP contribution >= 0.6 is 11.3 Å². The summed E-state index contributed by atoms with van der Waals surface area (Å²) in [6.45, 7) is 2.96. The van der Waals surface area contributed by atoms with Crippen molar-refractivity contribution in [2.45, 2.75) is 13.5 Å². The quantitative estimate of drug-likeness (QED) is 0.857. The van der Waals surface area contributed by atoms with Gasteiger partial charge in [-0.25, -0.2) is 4.98 Å². The average Bonchev–Trinajstić information content (AvgIpc) is 2.63. The Kier molecular flexibility index (Phi) is 3.14. The lowest BCUT2D eigenvalue weighted by atomic mass is 10.2. The van der Waals surface area contributed by atoms with Crippen LogP contribution in [0, 0.1) is 6.92 Å². The molecule has 0 aliphatic rings. The zero-order valence-electron chi connectivity index (χ0n) is 8.95. The van der Waals surface area contributed by atoms with E-state index >= 15 is 0 Å². The molecule has 1 aromatic heterocycles. The number of benzene rings is 1. The zero-order valence-corrected chi connectivity index (χ0v) is 9.77. The molecular weight excluding hydrogens is 204 g/mol. The molecule has 0 bridgehead atoms. The van der Waals surface area contributed by atoms with Crippen LogP contribution in [0.5, 0.6) is 0 Å². The lowest BCUT2D eigenvalue weighted by molar-refractivity contribution is 0.793. The fraction of sp³-hybridized carbons (Fsp3) is 0.250. The predicted molar refractivity (Wildman–Crippen MR) is 65.1 cm³/mol. The van der Waals surface area contributed by atoms with Crippen molar-refractivity contribution in [3.05, 3.63) is 40.9 Å². The molecule has 0 saturated carbocycles. The van der Waals surface area contributed by atoms with E-state index in [0.29, 0.717) is 0 Å². The Balaban J connectivity index is 2.34. The van der Waals surface area contributed by atoms with Crippen LogP contribution < -0.4 is 5.32 Å². The van der Waals surface area contributed by atoms with E-state index < -0.39 is 0 Å². The number of aryl methyl sites for hydroxylation is 1. The van der Waals surface area contributed by atoms with Gasteiger partial charge in [-0.1, -0.05) is 30.3 Å². The normalized spacial score (nSPS) is 10.5. The standard InChI is InChI=1S/C12H14N2S/c1-9-11(8-13-2)14-12(15-9)10-6-4-3-5-7-10/h3-7,13H,8H2,1-2H3. The van der Waals surface area contributed by atoms with E-state index in [0.717, 1.165) is 17.2 Å². The van der Waals surface area contributed by atoms with Crippen molar-refractivity contribution in [3.8, 4) is 10.6 Å². The molecule has 1 heterocycles. The first-order valence-electron chi connectivity index (χ1n) is 4.97. The molecule has 2 aromatic rings. The number of nitrogens with one attached hydrogen (secondary N) is 1. The maximum absolute atomic E-state index is 4.63. The Morgan fingerprint density at radius 2 is 2.00 bits per heavy atom. The molecule has 0 spiro atoms. The van der Waals surface area contributed by atoms with Gasteiger partial charge in [0, 0.05) is 17.0 Å². The molecule has 0 aliphatic carbocycles. The molecule has 2 rings (SSSR count). The van der Waals surface area contributed by atoms with E-state index in [1.54, 1.807) is 11.3 Å². The van der Waals surface area contributed by atoms with E-state index in [9.17, 15) is 0 Å². The highest BCUT2D eigenvalue weighted by atomic mass is 32.1. The largest absolute Gasteiger partial charge is 0.314 e. The van der Waals surface area contributed by atoms with E-state index in [1.807, 2.05) is 25.2 Å². The first-order chi connectivity index (χ1) is 7.31. The second-order valence-corrected chi connectivity index (χ2v) is 4.62. The minimum atomic E-state index is 0.842. The smallest absolute Gasteiger partial charge is 0.123 e. The predicted octanol–water partition coefficient (Wildman–Crippen LogP) is 2.84. The van der Waals surface area contributed by atoms with Crippen molar-refractivity contribution in [1.82, 2.24) is 10.3 Å². The first kappa shape index (κ1) is 10.3. The van der Waals surface area contributed by atoms with E-state index in [2.05, 4.69) is 29.4 Å². The summed E-state index contributed by atoms with van der Waals surface area (Å²) in [6, 6.07) is 10.3. The first-order valence-corrected chi connectivity index (χ1v) is 5.79. The molecule has 1 N–H and O–H groups in total. The van der Waals surface area contributed by atoms with E-state index in [-0.39, 0.29) is 0 Å². The Labute approximate surface area is 94.0 Å². The third kappa shape index (κ3) is 2.25. The third-order valence-electron chi connectivity index (χ3n) is 2.26. The Morgan fingerprint density at radius 3 is 2.67 bits per heavy atom. The third-order valence-corrected chi connectivity index (χ3v) is 3.32. The van der Waals surface area contributed by atoms with Crippen LogP contribution in [0.2, 0.25) is 0 Å². The van der Waals surface area contributed by atoms with Gasteiger partial charge in [-0.05, 0) is 14.0 Å². The summed E-state index contributed by atoms with van der Waals surface area (Å²) in [5.41, 5.74) is 2.36. The summed E-state index contributed by atoms with van der Waals surface area (Å²) >= 11 is 1.76. The Morgan fingerprint density at radius 1 is 1.27 bits per heavy atom. The van der Waals surface area contributed by atoms with Gasteiger partial charge in [0.2, 0.25) is 0 Å². The molecule has 15 heavy (non-hydrogen) atoms. The summed E-state index contributed by atoms with van der Waals surface area (Å²) in [6.07, 6.45) is 0. The van der Waals surface area contributed by atoms with Crippen molar-refractivity contribution in [3.63, 3.8) is 0 Å². The molecule has 78 valence electrons. The Hall–Kier alpha value is -1.19. The monoisotopic (exact) mass is 218 g/mol. The van der Waals surface area contributed by atoms with Crippen LogP contribution in [0.15, 0.2) is 30.3 Å². The van der Waals surface area contributed by atoms with Crippen molar-refractivity contribution in [1.29, 1.82) is 0 Å². The summed E-state index contributed by atoms with van der Waals surface area (Å²) < 4.78 is 0. The van der Waals surface area contributed by atoms with Gasteiger partial charge < -0.3 is 5.32 Å². The van der Waals surface area contributed by atoms with Crippen LogP contribution in [0.25, 0.3) is 10.6 Å². The summed E-state index contributed by atoms with van der Waals surface area (Å²) in [5, 5.41) is 4.24. The van der Waals surface area contributed by atoms with Gasteiger partial charge in [-0.3, -0.25) is 0 Å². The lowest BCUT2D eigenvalue weighted by Crippen LogP contribution is -2.06. The number of thiazole rings is 1. The van der Waals surface area contributed by atoms with Gasteiger partial charge in [0.15, 0.2) is 0 Å². The SMILES string of the molecule is CNCc1nc(-c2ccccc2)sc1C. The minimum Gasteiger partial charge on any atom is -0.314 e. The molecule has 0 aliphatic heterocycles.